The average Bonchev–Trinajstić information content (AvgIpc) is 1.99. The molecule has 0 rings (SSSR count). The minimum Gasteiger partial charge on any atom is -0.313 e. The molecular weight excluding hydrogens is 224 g/mol. The molecular formula is C11H26N2O2S. The second-order valence-electron chi connectivity index (χ2n) is 5.74. The van der Waals surface area contributed by atoms with Crippen molar-refractivity contribution in [2.75, 3.05) is 25.9 Å². The first kappa shape index (κ1) is 15.9. The zero-order valence-corrected chi connectivity index (χ0v) is 12.2. The molecule has 0 aliphatic heterocycles. The van der Waals surface area contributed by atoms with Crippen LogP contribution in [-0.4, -0.2) is 44.7 Å². The molecule has 0 amide bonds. The largest absolute Gasteiger partial charge is 0.313 e. The van der Waals surface area contributed by atoms with E-state index in [9.17, 15) is 8.42 Å². The van der Waals surface area contributed by atoms with Gasteiger partial charge in [-0.1, -0.05) is 34.6 Å². The van der Waals surface area contributed by atoms with Crippen LogP contribution in [0, 0.1) is 5.41 Å². The monoisotopic (exact) mass is 250 g/mol. The number of hydrogen-bond donors (Lipinski definition) is 1. The van der Waals surface area contributed by atoms with E-state index in [0.717, 1.165) is 0 Å². The van der Waals surface area contributed by atoms with E-state index in [4.69, 9.17) is 0 Å². The van der Waals surface area contributed by atoms with E-state index in [1.165, 1.54) is 4.31 Å². The SMILES string of the molecule is CC(C)NCCS(=O)(=O)N(C)CC(C)(C)C. The molecule has 0 saturated carbocycles. The van der Waals surface area contributed by atoms with Crippen LogP contribution in [0.1, 0.15) is 34.6 Å². The number of sulfonamides is 1. The lowest BCUT2D eigenvalue weighted by atomic mass is 9.97. The summed E-state index contributed by atoms with van der Waals surface area (Å²) in [5.41, 5.74) is -0.00665. The van der Waals surface area contributed by atoms with Gasteiger partial charge in [-0.3, -0.25) is 0 Å². The second kappa shape index (κ2) is 5.98. The van der Waals surface area contributed by atoms with Crippen LogP contribution in [-0.2, 0) is 10.0 Å². The summed E-state index contributed by atoms with van der Waals surface area (Å²) in [6, 6.07) is 0.322. The maximum Gasteiger partial charge on any atom is 0.215 e. The molecule has 0 atom stereocenters. The van der Waals surface area contributed by atoms with Crippen LogP contribution in [0.25, 0.3) is 0 Å². The summed E-state index contributed by atoms with van der Waals surface area (Å²) in [5.74, 6) is 0.164. The van der Waals surface area contributed by atoms with Gasteiger partial charge in [0.2, 0.25) is 10.0 Å². The highest BCUT2D eigenvalue weighted by Crippen LogP contribution is 2.16. The van der Waals surface area contributed by atoms with Crippen LogP contribution in [0.2, 0.25) is 0 Å². The smallest absolute Gasteiger partial charge is 0.215 e. The highest BCUT2D eigenvalue weighted by Gasteiger charge is 2.22. The van der Waals surface area contributed by atoms with E-state index in [0.29, 0.717) is 19.1 Å². The maximum absolute atomic E-state index is 11.9. The first-order valence-electron chi connectivity index (χ1n) is 5.72. The second-order valence-corrected chi connectivity index (χ2v) is 7.94. The molecule has 0 aromatic heterocycles. The molecule has 0 bridgehead atoms. The van der Waals surface area contributed by atoms with Gasteiger partial charge in [0.15, 0.2) is 0 Å². The van der Waals surface area contributed by atoms with Crippen LogP contribution >= 0.6 is 0 Å². The Bertz CT molecular complexity index is 292. The maximum atomic E-state index is 11.9. The third-order valence-electron chi connectivity index (χ3n) is 2.08. The van der Waals surface area contributed by atoms with Gasteiger partial charge in [0.1, 0.15) is 0 Å². The zero-order valence-electron chi connectivity index (χ0n) is 11.4. The Kier molecular flexibility index (Phi) is 5.93. The Morgan fingerprint density at radius 3 is 2.12 bits per heavy atom. The van der Waals surface area contributed by atoms with Gasteiger partial charge < -0.3 is 5.32 Å². The van der Waals surface area contributed by atoms with E-state index in [1.807, 2.05) is 34.6 Å². The molecule has 0 unspecified atom stereocenters. The van der Waals surface area contributed by atoms with Crippen molar-refractivity contribution in [3.8, 4) is 0 Å². The Hall–Kier alpha value is -0.130. The highest BCUT2D eigenvalue weighted by atomic mass is 32.2. The lowest BCUT2D eigenvalue weighted by Gasteiger charge is -2.26. The minimum absolute atomic E-state index is 0.00665. The molecule has 16 heavy (non-hydrogen) atoms. The molecule has 4 nitrogen and oxygen atoms in total. The first-order chi connectivity index (χ1) is 7.04. The predicted molar refractivity (Wildman–Crippen MR) is 69.0 cm³/mol. The highest BCUT2D eigenvalue weighted by molar-refractivity contribution is 7.89. The third kappa shape index (κ3) is 7.19. The molecule has 0 aliphatic carbocycles. The topological polar surface area (TPSA) is 49.4 Å². The van der Waals surface area contributed by atoms with Crippen LogP contribution in [0.3, 0.4) is 0 Å². The van der Waals surface area contributed by atoms with E-state index in [2.05, 4.69) is 5.32 Å². The number of nitrogens with zero attached hydrogens (tertiary/aromatic N) is 1. The lowest BCUT2D eigenvalue weighted by Crippen LogP contribution is -2.39. The van der Waals surface area contributed by atoms with Gasteiger partial charge in [-0.25, -0.2) is 12.7 Å². The van der Waals surface area contributed by atoms with Crippen molar-refractivity contribution in [2.45, 2.75) is 40.7 Å². The van der Waals surface area contributed by atoms with Crippen LogP contribution in [0.15, 0.2) is 0 Å². The van der Waals surface area contributed by atoms with Crippen LogP contribution in [0.4, 0.5) is 0 Å². The van der Waals surface area contributed by atoms with E-state index in [-0.39, 0.29) is 11.2 Å². The predicted octanol–water partition coefficient (Wildman–Crippen LogP) is 1.29. The molecule has 5 heteroatoms. The molecule has 0 saturated heterocycles. The average molecular weight is 250 g/mol. The van der Waals surface area contributed by atoms with Crippen molar-refractivity contribution in [2.24, 2.45) is 5.41 Å². The third-order valence-corrected chi connectivity index (χ3v) is 3.88. The quantitative estimate of drug-likeness (QED) is 0.773. The van der Waals surface area contributed by atoms with Crippen LogP contribution < -0.4 is 5.32 Å². The van der Waals surface area contributed by atoms with Gasteiger partial charge in [-0.15, -0.1) is 0 Å². The first-order valence-corrected chi connectivity index (χ1v) is 7.33. The van der Waals surface area contributed by atoms with Gasteiger partial charge in [0.05, 0.1) is 5.75 Å². The normalized spacial score (nSPS) is 13.8. The van der Waals surface area contributed by atoms with Crippen molar-refractivity contribution < 1.29 is 8.42 Å². The fourth-order valence-electron chi connectivity index (χ4n) is 1.40. The summed E-state index contributed by atoms with van der Waals surface area (Å²) >= 11 is 0. The number of hydrogen-bond acceptors (Lipinski definition) is 3. The summed E-state index contributed by atoms with van der Waals surface area (Å²) in [6.07, 6.45) is 0. The standard InChI is InChI=1S/C11H26N2O2S/c1-10(2)12-7-8-16(14,15)13(6)9-11(3,4)5/h10,12H,7-9H2,1-6H3. The van der Waals surface area contributed by atoms with Gasteiger partial charge in [-0.05, 0) is 5.41 Å². The molecule has 0 spiro atoms. The van der Waals surface area contributed by atoms with Crippen molar-refractivity contribution >= 4 is 10.0 Å². The van der Waals surface area contributed by atoms with Gasteiger partial charge in [0, 0.05) is 26.2 Å². The Labute approximate surface area is 100 Å². The summed E-state index contributed by atoms with van der Waals surface area (Å²) in [6.45, 7) is 11.2. The Balaban J connectivity index is 4.22. The van der Waals surface area contributed by atoms with Crippen molar-refractivity contribution in [1.82, 2.24) is 9.62 Å². The summed E-state index contributed by atoms with van der Waals surface area (Å²) in [7, 11) is -1.47. The molecule has 98 valence electrons. The van der Waals surface area contributed by atoms with Gasteiger partial charge in [-0.2, -0.15) is 0 Å². The molecule has 0 aromatic rings. The summed E-state index contributed by atoms with van der Waals surface area (Å²) < 4.78 is 25.2. The fraction of sp³-hybridized carbons (Fsp3) is 1.00. The minimum atomic E-state index is -3.12. The molecule has 0 aliphatic rings. The van der Waals surface area contributed by atoms with E-state index >= 15 is 0 Å². The van der Waals surface area contributed by atoms with Crippen LogP contribution in [0.5, 0.6) is 0 Å². The summed E-state index contributed by atoms with van der Waals surface area (Å²) in [4.78, 5) is 0. The fourth-order valence-corrected chi connectivity index (χ4v) is 2.67. The molecule has 0 radical (unpaired) electrons. The van der Waals surface area contributed by atoms with Crippen molar-refractivity contribution in [3.63, 3.8) is 0 Å². The Morgan fingerprint density at radius 1 is 1.25 bits per heavy atom. The molecule has 0 aromatic carbocycles. The van der Waals surface area contributed by atoms with Gasteiger partial charge in [0.25, 0.3) is 0 Å². The molecule has 1 N–H and O–H groups in total. The zero-order chi connectivity index (χ0) is 13.0. The Morgan fingerprint density at radius 2 is 1.75 bits per heavy atom. The van der Waals surface area contributed by atoms with E-state index in [1.54, 1.807) is 7.05 Å². The van der Waals surface area contributed by atoms with E-state index < -0.39 is 10.0 Å². The van der Waals surface area contributed by atoms with Crippen molar-refractivity contribution in [3.05, 3.63) is 0 Å². The molecule has 0 heterocycles. The van der Waals surface area contributed by atoms with Gasteiger partial charge >= 0.3 is 0 Å². The lowest BCUT2D eigenvalue weighted by molar-refractivity contribution is 0.310. The summed E-state index contributed by atoms with van der Waals surface area (Å²) in [5, 5.41) is 3.11. The number of nitrogens with one attached hydrogen (secondary N) is 1. The van der Waals surface area contributed by atoms with Crippen molar-refractivity contribution in [1.29, 1.82) is 0 Å². The number of rotatable bonds is 6. The molecule has 0 fully saturated rings.